The zero-order valence-corrected chi connectivity index (χ0v) is 16.0. The fourth-order valence-corrected chi connectivity index (χ4v) is 5.37. The van der Waals surface area contributed by atoms with Crippen LogP contribution in [-0.2, 0) is 6.18 Å². The number of hydrogen-bond donors (Lipinski definition) is 0. The molecule has 142 valence electrons. The van der Waals surface area contributed by atoms with Crippen molar-refractivity contribution < 1.29 is 17.6 Å². The van der Waals surface area contributed by atoms with Crippen LogP contribution in [0.3, 0.4) is 0 Å². The molecule has 4 aromatic carbocycles. The second-order valence-electron chi connectivity index (χ2n) is 7.39. The summed E-state index contributed by atoms with van der Waals surface area (Å²) < 4.78 is 47.5. The Hall–Kier alpha value is -3.05. The van der Waals surface area contributed by atoms with Gasteiger partial charge in [0.25, 0.3) is 0 Å². The van der Waals surface area contributed by atoms with E-state index in [1.54, 1.807) is 6.07 Å². The fourth-order valence-electron chi connectivity index (χ4n) is 4.16. The van der Waals surface area contributed by atoms with Crippen molar-refractivity contribution in [1.82, 2.24) is 0 Å². The van der Waals surface area contributed by atoms with Crippen LogP contribution in [0.2, 0.25) is 0 Å². The van der Waals surface area contributed by atoms with Gasteiger partial charge in [0.1, 0.15) is 11.2 Å². The SMILES string of the molecule is Cc1ccc2oc3c(ccc4c3ccc3c5cc(C(F)(F)F)ccc5sc34)c2c1. The van der Waals surface area contributed by atoms with E-state index in [4.69, 9.17) is 4.42 Å². The lowest BCUT2D eigenvalue weighted by atomic mass is 10.0. The Balaban J connectivity index is 1.72. The molecule has 0 aliphatic rings. The molecule has 2 aromatic heterocycles. The Morgan fingerprint density at radius 1 is 0.724 bits per heavy atom. The van der Waals surface area contributed by atoms with Crippen molar-refractivity contribution in [1.29, 1.82) is 0 Å². The van der Waals surface area contributed by atoms with E-state index in [0.717, 1.165) is 53.6 Å². The van der Waals surface area contributed by atoms with Crippen LogP contribution in [0, 0.1) is 6.92 Å². The Bertz CT molecular complexity index is 1600. The molecule has 0 aliphatic carbocycles. The predicted molar refractivity (Wildman–Crippen MR) is 114 cm³/mol. The number of rotatable bonds is 0. The average molecular weight is 406 g/mol. The van der Waals surface area contributed by atoms with Gasteiger partial charge in [-0.05, 0) is 49.4 Å². The third-order valence-electron chi connectivity index (χ3n) is 5.55. The number of benzene rings is 4. The molecule has 0 bridgehead atoms. The summed E-state index contributed by atoms with van der Waals surface area (Å²) in [5, 5.41) is 5.59. The number of thiophene rings is 1. The molecule has 0 N–H and O–H groups in total. The fraction of sp³-hybridized carbons (Fsp3) is 0.0833. The zero-order valence-electron chi connectivity index (χ0n) is 15.2. The highest BCUT2D eigenvalue weighted by Crippen LogP contribution is 2.43. The first-order chi connectivity index (χ1) is 13.9. The van der Waals surface area contributed by atoms with Gasteiger partial charge in [-0.2, -0.15) is 13.2 Å². The lowest BCUT2D eigenvalue weighted by molar-refractivity contribution is -0.137. The highest BCUT2D eigenvalue weighted by atomic mass is 32.1. The molecule has 5 heteroatoms. The van der Waals surface area contributed by atoms with E-state index in [-0.39, 0.29) is 0 Å². The number of halogens is 3. The first-order valence-electron chi connectivity index (χ1n) is 9.18. The van der Waals surface area contributed by atoms with Gasteiger partial charge in [-0.25, -0.2) is 0 Å². The van der Waals surface area contributed by atoms with Crippen molar-refractivity contribution in [2.75, 3.05) is 0 Å². The van der Waals surface area contributed by atoms with E-state index in [9.17, 15) is 13.2 Å². The van der Waals surface area contributed by atoms with E-state index < -0.39 is 11.7 Å². The topological polar surface area (TPSA) is 13.1 Å². The van der Waals surface area contributed by atoms with Crippen molar-refractivity contribution in [2.45, 2.75) is 13.1 Å². The molecule has 0 amide bonds. The molecule has 0 radical (unpaired) electrons. The molecule has 2 heterocycles. The highest BCUT2D eigenvalue weighted by molar-refractivity contribution is 7.26. The monoisotopic (exact) mass is 406 g/mol. The van der Waals surface area contributed by atoms with Gasteiger partial charge in [0.15, 0.2) is 0 Å². The molecule has 6 aromatic rings. The molecule has 0 atom stereocenters. The van der Waals surface area contributed by atoms with Gasteiger partial charge < -0.3 is 4.42 Å². The Kier molecular flexibility index (Phi) is 3.21. The lowest BCUT2D eigenvalue weighted by Crippen LogP contribution is -2.03. The van der Waals surface area contributed by atoms with E-state index in [1.807, 2.05) is 30.3 Å². The summed E-state index contributed by atoms with van der Waals surface area (Å²) in [5.41, 5.74) is 2.21. The van der Waals surface area contributed by atoms with Gasteiger partial charge in [0.05, 0.1) is 5.56 Å². The van der Waals surface area contributed by atoms with Gasteiger partial charge in [-0.15, -0.1) is 11.3 Å². The third-order valence-corrected chi connectivity index (χ3v) is 6.77. The minimum atomic E-state index is -4.35. The van der Waals surface area contributed by atoms with E-state index in [0.29, 0.717) is 5.39 Å². The summed E-state index contributed by atoms with van der Waals surface area (Å²) in [4.78, 5) is 0. The van der Waals surface area contributed by atoms with Crippen molar-refractivity contribution in [3.63, 3.8) is 0 Å². The molecule has 29 heavy (non-hydrogen) atoms. The summed E-state index contributed by atoms with van der Waals surface area (Å²) in [6.07, 6.45) is -4.35. The van der Waals surface area contributed by atoms with Crippen LogP contribution in [-0.4, -0.2) is 0 Å². The summed E-state index contributed by atoms with van der Waals surface area (Å²) in [7, 11) is 0. The molecule has 0 saturated carbocycles. The molecule has 1 nitrogen and oxygen atoms in total. The number of aryl methyl sites for hydroxylation is 1. The van der Waals surface area contributed by atoms with Crippen LogP contribution in [0.1, 0.15) is 11.1 Å². The van der Waals surface area contributed by atoms with Gasteiger partial charge in [0.2, 0.25) is 0 Å². The first kappa shape index (κ1) is 16.9. The Labute approximate surface area is 167 Å². The van der Waals surface area contributed by atoms with Crippen LogP contribution < -0.4 is 0 Å². The minimum absolute atomic E-state index is 0.618. The quantitative estimate of drug-likeness (QED) is 0.247. The maximum absolute atomic E-state index is 13.2. The van der Waals surface area contributed by atoms with Crippen molar-refractivity contribution in [3.05, 3.63) is 71.8 Å². The number of alkyl halides is 3. The largest absolute Gasteiger partial charge is 0.455 e. The van der Waals surface area contributed by atoms with E-state index in [1.165, 1.54) is 23.0 Å². The van der Waals surface area contributed by atoms with Crippen molar-refractivity contribution in [3.8, 4) is 0 Å². The van der Waals surface area contributed by atoms with Crippen LogP contribution in [0.4, 0.5) is 13.2 Å². The lowest BCUT2D eigenvalue weighted by Gasteiger charge is -2.06. The summed E-state index contributed by atoms with van der Waals surface area (Å²) >= 11 is 1.52. The van der Waals surface area contributed by atoms with Gasteiger partial charge in [-0.3, -0.25) is 0 Å². The van der Waals surface area contributed by atoms with Gasteiger partial charge >= 0.3 is 6.18 Å². The smallest absolute Gasteiger partial charge is 0.416 e. The third kappa shape index (κ3) is 2.34. The molecule has 0 saturated heterocycles. The zero-order chi connectivity index (χ0) is 19.9. The number of fused-ring (bicyclic) bond motifs is 9. The van der Waals surface area contributed by atoms with E-state index >= 15 is 0 Å². The molecule has 6 rings (SSSR count). The Morgan fingerprint density at radius 3 is 2.17 bits per heavy atom. The van der Waals surface area contributed by atoms with Crippen LogP contribution in [0.15, 0.2) is 65.1 Å². The van der Waals surface area contributed by atoms with Crippen LogP contribution >= 0.6 is 11.3 Å². The molecule has 0 spiro atoms. The van der Waals surface area contributed by atoms with Gasteiger partial charge in [-0.1, -0.05) is 23.8 Å². The standard InChI is InChI=1S/C24H13F3OS/c1-12-2-8-20-18(10-12)15-5-6-16-14(22(15)28-20)4-7-17-19-11-13(24(25,26)27)3-9-21(19)29-23(16)17/h2-11H,1H3. The minimum Gasteiger partial charge on any atom is -0.455 e. The molecular weight excluding hydrogens is 393 g/mol. The van der Waals surface area contributed by atoms with Gasteiger partial charge in [0, 0.05) is 41.7 Å². The molecule has 0 aliphatic heterocycles. The summed E-state index contributed by atoms with van der Waals surface area (Å²) in [6.45, 7) is 2.05. The summed E-state index contributed by atoms with van der Waals surface area (Å²) in [5.74, 6) is 0. The predicted octanol–water partition coefficient (Wildman–Crippen LogP) is 8.43. The number of hydrogen-bond acceptors (Lipinski definition) is 2. The second kappa shape index (κ2) is 5.51. The maximum Gasteiger partial charge on any atom is 0.416 e. The number of furan rings is 1. The van der Waals surface area contributed by atoms with Crippen LogP contribution in [0.5, 0.6) is 0 Å². The normalized spacial score (nSPS) is 12.8. The van der Waals surface area contributed by atoms with E-state index in [2.05, 4.69) is 19.1 Å². The summed E-state index contributed by atoms with van der Waals surface area (Å²) in [6, 6.07) is 18.1. The molecule has 0 unspecified atom stereocenters. The van der Waals surface area contributed by atoms with Crippen molar-refractivity contribution in [2.24, 2.45) is 0 Å². The average Bonchev–Trinajstić information content (AvgIpc) is 3.24. The first-order valence-corrected chi connectivity index (χ1v) is 10.00. The highest BCUT2D eigenvalue weighted by Gasteiger charge is 2.30. The maximum atomic E-state index is 13.2. The molecule has 0 fully saturated rings. The second-order valence-corrected chi connectivity index (χ2v) is 8.44. The van der Waals surface area contributed by atoms with Crippen LogP contribution in [0.25, 0.3) is 52.9 Å². The molecular formula is C24H13F3OS. The van der Waals surface area contributed by atoms with Crippen molar-refractivity contribution >= 4 is 64.2 Å². The Morgan fingerprint density at radius 2 is 1.41 bits per heavy atom.